The number of hydrogen-bond donors (Lipinski definition) is 2. The van der Waals surface area contributed by atoms with E-state index >= 15 is 0 Å². The number of nitrogens with one attached hydrogen (secondary N) is 1. The van der Waals surface area contributed by atoms with Crippen LogP contribution in [0.4, 0.5) is 0 Å². The fraction of sp³-hybridized carbons (Fsp3) is 0.533. The summed E-state index contributed by atoms with van der Waals surface area (Å²) < 4.78 is 0. The minimum Gasteiger partial charge on any atom is -0.354 e. The van der Waals surface area contributed by atoms with Gasteiger partial charge in [-0.05, 0) is 30.5 Å². The minimum atomic E-state index is -0.284. The Hall–Kier alpha value is -0.420. The first-order valence-corrected chi connectivity index (χ1v) is 8.40. The molecule has 0 radical (unpaired) electrons. The summed E-state index contributed by atoms with van der Waals surface area (Å²) in [7, 11) is 0. The molecule has 0 bridgehead atoms. The molecule has 120 valence electrons. The first-order valence-electron chi connectivity index (χ1n) is 6.87. The number of nitrogens with two attached hydrogens (primary N) is 1. The van der Waals surface area contributed by atoms with Crippen molar-refractivity contribution in [3.8, 4) is 0 Å². The molecule has 1 aromatic carbocycles. The van der Waals surface area contributed by atoms with Crippen LogP contribution < -0.4 is 11.1 Å². The van der Waals surface area contributed by atoms with Gasteiger partial charge in [-0.1, -0.05) is 37.6 Å². The van der Waals surface area contributed by atoms with Gasteiger partial charge in [-0.15, -0.1) is 24.2 Å². The third-order valence-electron chi connectivity index (χ3n) is 3.44. The molecule has 6 heteroatoms. The van der Waals surface area contributed by atoms with Crippen molar-refractivity contribution in [3.63, 3.8) is 0 Å². The number of amides is 1. The van der Waals surface area contributed by atoms with Gasteiger partial charge in [0.2, 0.25) is 5.91 Å². The van der Waals surface area contributed by atoms with Gasteiger partial charge in [0.15, 0.2) is 0 Å². The van der Waals surface area contributed by atoms with Crippen molar-refractivity contribution in [3.05, 3.63) is 34.9 Å². The second kappa shape index (κ2) is 10.3. The molecule has 3 nitrogen and oxygen atoms in total. The van der Waals surface area contributed by atoms with Gasteiger partial charge in [-0.3, -0.25) is 4.79 Å². The summed E-state index contributed by atoms with van der Waals surface area (Å²) in [6, 6.07) is 7.70. The summed E-state index contributed by atoms with van der Waals surface area (Å²) in [5.74, 6) is 1.26. The molecular formula is C15H24Cl2N2OS. The van der Waals surface area contributed by atoms with Gasteiger partial charge < -0.3 is 11.1 Å². The van der Waals surface area contributed by atoms with Crippen molar-refractivity contribution in [1.29, 1.82) is 0 Å². The van der Waals surface area contributed by atoms with E-state index in [0.717, 1.165) is 29.2 Å². The number of benzene rings is 1. The molecule has 21 heavy (non-hydrogen) atoms. The fourth-order valence-electron chi connectivity index (χ4n) is 1.71. The van der Waals surface area contributed by atoms with Gasteiger partial charge in [-0.25, -0.2) is 0 Å². The van der Waals surface area contributed by atoms with E-state index in [9.17, 15) is 4.79 Å². The van der Waals surface area contributed by atoms with Crippen molar-refractivity contribution >= 4 is 41.7 Å². The fourth-order valence-corrected chi connectivity index (χ4v) is 2.73. The van der Waals surface area contributed by atoms with Crippen LogP contribution in [0.1, 0.15) is 32.3 Å². The van der Waals surface area contributed by atoms with Crippen molar-refractivity contribution in [2.45, 2.75) is 38.0 Å². The van der Waals surface area contributed by atoms with E-state index < -0.39 is 0 Å². The highest BCUT2D eigenvalue weighted by molar-refractivity contribution is 7.99. The van der Waals surface area contributed by atoms with Gasteiger partial charge in [0.25, 0.3) is 0 Å². The molecule has 0 saturated heterocycles. The highest BCUT2D eigenvalue weighted by Crippen LogP contribution is 2.16. The molecule has 1 amide bonds. The topological polar surface area (TPSA) is 55.1 Å². The molecule has 0 aliphatic rings. The quantitative estimate of drug-likeness (QED) is 0.752. The zero-order valence-electron chi connectivity index (χ0n) is 12.5. The summed E-state index contributed by atoms with van der Waals surface area (Å²) in [6.45, 7) is 4.63. The Labute approximate surface area is 142 Å². The lowest BCUT2D eigenvalue weighted by molar-refractivity contribution is -0.118. The van der Waals surface area contributed by atoms with Crippen LogP contribution in [0.25, 0.3) is 0 Å². The molecule has 0 spiro atoms. The molecular weight excluding hydrogens is 327 g/mol. The van der Waals surface area contributed by atoms with E-state index in [1.165, 1.54) is 0 Å². The number of carbonyl (C=O) groups excluding carboxylic acids is 1. The van der Waals surface area contributed by atoms with E-state index in [4.69, 9.17) is 17.3 Å². The van der Waals surface area contributed by atoms with Crippen LogP contribution in [0.15, 0.2) is 24.3 Å². The van der Waals surface area contributed by atoms with E-state index in [1.807, 2.05) is 38.1 Å². The Balaban J connectivity index is 0.00000400. The monoisotopic (exact) mass is 350 g/mol. The summed E-state index contributed by atoms with van der Waals surface area (Å²) in [5, 5.41) is 3.64. The van der Waals surface area contributed by atoms with Crippen LogP contribution in [-0.4, -0.2) is 23.7 Å². The lowest BCUT2D eigenvalue weighted by atomic mass is 9.94. The van der Waals surface area contributed by atoms with Gasteiger partial charge in [-0.2, -0.15) is 0 Å². The molecule has 0 aromatic heterocycles. The summed E-state index contributed by atoms with van der Waals surface area (Å²) in [6.07, 6.45) is 1.72. The molecule has 0 heterocycles. The Kier molecular flexibility index (Phi) is 10.1. The smallest absolute Gasteiger partial charge is 0.230 e. The Morgan fingerprint density at radius 3 is 2.62 bits per heavy atom. The third-order valence-corrected chi connectivity index (χ3v) is 4.68. The SMILES string of the molecule is CCC(N)(CC)CNC(=O)CSCc1cccc(Cl)c1.Cl. The number of rotatable bonds is 8. The number of halogens is 2. The van der Waals surface area contributed by atoms with Crippen molar-refractivity contribution in [2.75, 3.05) is 12.3 Å². The maximum absolute atomic E-state index is 11.8. The van der Waals surface area contributed by atoms with Crippen LogP contribution in [-0.2, 0) is 10.5 Å². The predicted molar refractivity (Wildman–Crippen MR) is 95.4 cm³/mol. The van der Waals surface area contributed by atoms with Crippen LogP contribution in [0.3, 0.4) is 0 Å². The van der Waals surface area contributed by atoms with Crippen molar-refractivity contribution in [2.24, 2.45) is 5.73 Å². The molecule has 0 saturated carbocycles. The average Bonchev–Trinajstić information content (AvgIpc) is 2.45. The molecule has 3 N–H and O–H groups in total. The highest BCUT2D eigenvalue weighted by Gasteiger charge is 2.20. The van der Waals surface area contributed by atoms with Gasteiger partial charge in [0.05, 0.1) is 5.75 Å². The molecule has 0 unspecified atom stereocenters. The average molecular weight is 351 g/mol. The van der Waals surface area contributed by atoms with E-state index in [-0.39, 0.29) is 23.9 Å². The molecule has 0 atom stereocenters. The Morgan fingerprint density at radius 1 is 1.38 bits per heavy atom. The van der Waals surface area contributed by atoms with E-state index in [2.05, 4.69) is 5.32 Å². The number of thioether (sulfide) groups is 1. The van der Waals surface area contributed by atoms with Crippen molar-refractivity contribution < 1.29 is 4.79 Å². The lowest BCUT2D eigenvalue weighted by Gasteiger charge is -2.26. The maximum atomic E-state index is 11.8. The largest absolute Gasteiger partial charge is 0.354 e. The van der Waals surface area contributed by atoms with Crippen LogP contribution in [0, 0.1) is 0 Å². The third kappa shape index (κ3) is 7.96. The number of hydrogen-bond acceptors (Lipinski definition) is 3. The normalized spacial score (nSPS) is 10.9. The molecule has 1 aromatic rings. The minimum absolute atomic E-state index is 0. The van der Waals surface area contributed by atoms with Gasteiger partial charge >= 0.3 is 0 Å². The first-order chi connectivity index (χ1) is 9.49. The Bertz CT molecular complexity index is 439. The van der Waals surface area contributed by atoms with Gasteiger partial charge in [0.1, 0.15) is 0 Å². The zero-order chi connectivity index (χ0) is 15.0. The predicted octanol–water partition coefficient (Wildman–Crippen LogP) is 3.63. The second-order valence-corrected chi connectivity index (χ2v) is 6.39. The summed E-state index contributed by atoms with van der Waals surface area (Å²) in [4.78, 5) is 11.8. The van der Waals surface area contributed by atoms with Crippen LogP contribution >= 0.6 is 35.8 Å². The van der Waals surface area contributed by atoms with Crippen LogP contribution in [0.2, 0.25) is 5.02 Å². The molecule has 1 rings (SSSR count). The number of carbonyl (C=O) groups is 1. The summed E-state index contributed by atoms with van der Waals surface area (Å²) >= 11 is 7.49. The summed E-state index contributed by atoms with van der Waals surface area (Å²) in [5.41, 5.74) is 6.99. The van der Waals surface area contributed by atoms with Gasteiger partial charge in [0, 0.05) is 22.9 Å². The van der Waals surface area contributed by atoms with E-state index in [0.29, 0.717) is 12.3 Å². The second-order valence-electron chi connectivity index (χ2n) is 4.97. The van der Waals surface area contributed by atoms with Crippen LogP contribution in [0.5, 0.6) is 0 Å². The molecule has 0 aliphatic carbocycles. The highest BCUT2D eigenvalue weighted by atomic mass is 35.5. The molecule has 0 fully saturated rings. The zero-order valence-corrected chi connectivity index (χ0v) is 14.9. The van der Waals surface area contributed by atoms with Crippen molar-refractivity contribution in [1.82, 2.24) is 5.32 Å². The Morgan fingerprint density at radius 2 is 2.05 bits per heavy atom. The van der Waals surface area contributed by atoms with E-state index in [1.54, 1.807) is 11.8 Å². The first kappa shape index (κ1) is 20.6. The standard InChI is InChI=1S/C15H23ClN2OS.ClH/c1-3-15(17,4-2)11-18-14(19)10-20-9-12-6-5-7-13(16)8-12;/h5-8H,3-4,9-11,17H2,1-2H3,(H,18,19);1H. The maximum Gasteiger partial charge on any atom is 0.230 e. The molecule has 0 aliphatic heterocycles. The lowest BCUT2D eigenvalue weighted by Crippen LogP contribution is -2.49.